The van der Waals surface area contributed by atoms with E-state index in [1.807, 2.05) is 0 Å². The quantitative estimate of drug-likeness (QED) is 0.416. The van der Waals surface area contributed by atoms with Crippen LogP contribution in [0.3, 0.4) is 0 Å². The van der Waals surface area contributed by atoms with Gasteiger partial charge < -0.3 is 5.32 Å². The lowest BCUT2D eigenvalue weighted by Crippen LogP contribution is -2.38. The summed E-state index contributed by atoms with van der Waals surface area (Å²) >= 11 is 0. The maximum Gasteiger partial charge on any atom is 0.00953 e. The molecule has 0 spiro atoms. The number of hydrogen-bond acceptors (Lipinski definition) is 1. The lowest BCUT2D eigenvalue weighted by Gasteiger charge is -2.35. The standard InChI is InChI=1S/C18H35N/c1-4-7-8-9-10-14-18(19-6-3)17-13-11-12-16(5-2)15-17/h4,16-19H,1,5-15H2,2-3H3. The Morgan fingerprint density at radius 3 is 2.74 bits per heavy atom. The van der Waals surface area contributed by atoms with Gasteiger partial charge in [-0.15, -0.1) is 6.58 Å². The van der Waals surface area contributed by atoms with Gasteiger partial charge in [0.2, 0.25) is 0 Å². The number of allylic oxidation sites excluding steroid dienone is 1. The Kier molecular flexibility index (Phi) is 9.24. The zero-order chi connectivity index (χ0) is 13.9. The molecule has 112 valence electrons. The number of unbranched alkanes of at least 4 members (excludes halogenated alkanes) is 3. The molecule has 19 heavy (non-hydrogen) atoms. The van der Waals surface area contributed by atoms with Crippen molar-refractivity contribution in [1.29, 1.82) is 0 Å². The molecule has 1 aliphatic rings. The zero-order valence-electron chi connectivity index (χ0n) is 13.3. The molecule has 0 aromatic rings. The highest BCUT2D eigenvalue weighted by atomic mass is 14.9. The van der Waals surface area contributed by atoms with Gasteiger partial charge >= 0.3 is 0 Å². The highest BCUT2D eigenvalue weighted by molar-refractivity contribution is 4.82. The van der Waals surface area contributed by atoms with Crippen LogP contribution in [-0.4, -0.2) is 12.6 Å². The van der Waals surface area contributed by atoms with Crippen LogP contribution in [0, 0.1) is 11.8 Å². The third kappa shape index (κ3) is 6.61. The Labute approximate surface area is 121 Å². The molecule has 1 fully saturated rings. The molecule has 0 heterocycles. The molecular weight excluding hydrogens is 230 g/mol. The van der Waals surface area contributed by atoms with E-state index in [9.17, 15) is 0 Å². The number of nitrogens with one attached hydrogen (secondary N) is 1. The molecule has 0 bridgehead atoms. The Balaban J connectivity index is 2.31. The average Bonchev–Trinajstić information content (AvgIpc) is 2.46. The van der Waals surface area contributed by atoms with E-state index in [4.69, 9.17) is 0 Å². The Bertz CT molecular complexity index is 224. The predicted molar refractivity (Wildman–Crippen MR) is 86.5 cm³/mol. The predicted octanol–water partition coefficient (Wildman–Crippen LogP) is 5.32. The van der Waals surface area contributed by atoms with E-state index in [0.29, 0.717) is 0 Å². The molecule has 3 unspecified atom stereocenters. The van der Waals surface area contributed by atoms with Gasteiger partial charge in [-0.2, -0.15) is 0 Å². The molecular formula is C18H35N. The molecule has 0 aromatic carbocycles. The second-order valence-electron chi connectivity index (χ2n) is 6.29. The van der Waals surface area contributed by atoms with Crippen LogP contribution in [-0.2, 0) is 0 Å². The van der Waals surface area contributed by atoms with E-state index >= 15 is 0 Å². The second-order valence-corrected chi connectivity index (χ2v) is 6.29. The fourth-order valence-electron chi connectivity index (χ4n) is 3.67. The van der Waals surface area contributed by atoms with Crippen LogP contribution < -0.4 is 5.32 Å². The molecule has 0 aliphatic heterocycles. The first kappa shape index (κ1) is 16.8. The van der Waals surface area contributed by atoms with Crippen molar-refractivity contribution in [2.45, 2.75) is 84.1 Å². The number of hydrogen-bond donors (Lipinski definition) is 1. The molecule has 1 aliphatic carbocycles. The fraction of sp³-hybridized carbons (Fsp3) is 0.889. The van der Waals surface area contributed by atoms with Crippen LogP contribution >= 0.6 is 0 Å². The van der Waals surface area contributed by atoms with Crippen molar-refractivity contribution in [3.05, 3.63) is 12.7 Å². The van der Waals surface area contributed by atoms with E-state index in [1.165, 1.54) is 64.2 Å². The van der Waals surface area contributed by atoms with E-state index in [0.717, 1.165) is 24.4 Å². The zero-order valence-corrected chi connectivity index (χ0v) is 13.3. The van der Waals surface area contributed by atoms with Crippen molar-refractivity contribution in [2.24, 2.45) is 11.8 Å². The Morgan fingerprint density at radius 2 is 2.05 bits per heavy atom. The molecule has 1 N–H and O–H groups in total. The maximum atomic E-state index is 3.80. The molecule has 0 amide bonds. The topological polar surface area (TPSA) is 12.0 Å². The molecule has 0 aromatic heterocycles. The summed E-state index contributed by atoms with van der Waals surface area (Å²) in [6.07, 6.45) is 16.0. The molecule has 0 radical (unpaired) electrons. The van der Waals surface area contributed by atoms with Gasteiger partial charge in [0.1, 0.15) is 0 Å². The molecule has 1 saturated carbocycles. The molecule has 1 nitrogen and oxygen atoms in total. The largest absolute Gasteiger partial charge is 0.314 e. The van der Waals surface area contributed by atoms with Crippen LogP contribution in [0.5, 0.6) is 0 Å². The van der Waals surface area contributed by atoms with Gasteiger partial charge in [0.05, 0.1) is 0 Å². The van der Waals surface area contributed by atoms with Gasteiger partial charge in [-0.1, -0.05) is 52.0 Å². The van der Waals surface area contributed by atoms with Crippen molar-refractivity contribution < 1.29 is 0 Å². The van der Waals surface area contributed by atoms with Crippen LogP contribution in [0.15, 0.2) is 12.7 Å². The van der Waals surface area contributed by atoms with Crippen molar-refractivity contribution in [2.75, 3.05) is 6.54 Å². The van der Waals surface area contributed by atoms with Gasteiger partial charge in [0.15, 0.2) is 0 Å². The summed E-state index contributed by atoms with van der Waals surface area (Å²) in [7, 11) is 0. The average molecular weight is 265 g/mol. The van der Waals surface area contributed by atoms with Crippen LogP contribution in [0.4, 0.5) is 0 Å². The van der Waals surface area contributed by atoms with E-state index in [2.05, 4.69) is 31.8 Å². The van der Waals surface area contributed by atoms with E-state index < -0.39 is 0 Å². The molecule has 1 heteroatoms. The summed E-state index contributed by atoms with van der Waals surface area (Å²) in [5, 5.41) is 3.77. The minimum absolute atomic E-state index is 0.781. The lowest BCUT2D eigenvalue weighted by molar-refractivity contribution is 0.201. The SMILES string of the molecule is C=CCCCCCC(NCC)C1CCCC(CC)C1. The molecule has 1 rings (SSSR count). The van der Waals surface area contributed by atoms with Crippen molar-refractivity contribution in [3.8, 4) is 0 Å². The monoisotopic (exact) mass is 265 g/mol. The highest BCUT2D eigenvalue weighted by Crippen LogP contribution is 2.34. The summed E-state index contributed by atoms with van der Waals surface area (Å²) in [5.74, 6) is 1.94. The van der Waals surface area contributed by atoms with Gasteiger partial charge in [-0.3, -0.25) is 0 Å². The van der Waals surface area contributed by atoms with E-state index in [-0.39, 0.29) is 0 Å². The summed E-state index contributed by atoms with van der Waals surface area (Å²) in [4.78, 5) is 0. The van der Waals surface area contributed by atoms with Gasteiger partial charge in [-0.25, -0.2) is 0 Å². The summed E-state index contributed by atoms with van der Waals surface area (Å²) in [6, 6.07) is 0.781. The van der Waals surface area contributed by atoms with Crippen molar-refractivity contribution in [3.63, 3.8) is 0 Å². The Morgan fingerprint density at radius 1 is 1.21 bits per heavy atom. The van der Waals surface area contributed by atoms with Gasteiger partial charge in [0.25, 0.3) is 0 Å². The van der Waals surface area contributed by atoms with Crippen molar-refractivity contribution >= 4 is 0 Å². The third-order valence-corrected chi connectivity index (χ3v) is 4.86. The first-order valence-corrected chi connectivity index (χ1v) is 8.66. The third-order valence-electron chi connectivity index (χ3n) is 4.86. The smallest absolute Gasteiger partial charge is 0.00953 e. The highest BCUT2D eigenvalue weighted by Gasteiger charge is 2.26. The maximum absolute atomic E-state index is 3.80. The lowest BCUT2D eigenvalue weighted by atomic mass is 9.75. The van der Waals surface area contributed by atoms with Gasteiger partial charge in [-0.05, 0) is 50.5 Å². The first-order valence-electron chi connectivity index (χ1n) is 8.66. The summed E-state index contributed by atoms with van der Waals surface area (Å²) in [5.41, 5.74) is 0. The summed E-state index contributed by atoms with van der Waals surface area (Å²) in [6.45, 7) is 9.55. The number of rotatable bonds is 10. The normalized spacial score (nSPS) is 25.2. The van der Waals surface area contributed by atoms with Crippen LogP contribution in [0.2, 0.25) is 0 Å². The fourth-order valence-corrected chi connectivity index (χ4v) is 3.67. The summed E-state index contributed by atoms with van der Waals surface area (Å²) < 4.78 is 0. The minimum Gasteiger partial charge on any atom is -0.314 e. The van der Waals surface area contributed by atoms with Gasteiger partial charge in [0, 0.05) is 6.04 Å². The van der Waals surface area contributed by atoms with E-state index in [1.54, 1.807) is 0 Å². The second kappa shape index (κ2) is 10.5. The Hall–Kier alpha value is -0.300. The van der Waals surface area contributed by atoms with Crippen LogP contribution in [0.25, 0.3) is 0 Å². The first-order chi connectivity index (χ1) is 9.31. The molecule has 3 atom stereocenters. The minimum atomic E-state index is 0.781. The van der Waals surface area contributed by atoms with Crippen molar-refractivity contribution in [1.82, 2.24) is 5.32 Å². The molecule has 0 saturated heterocycles. The van der Waals surface area contributed by atoms with Crippen LogP contribution in [0.1, 0.15) is 78.1 Å².